The zero-order chi connectivity index (χ0) is 11.4. The second-order valence-electron chi connectivity index (χ2n) is 4.44. The maximum atomic E-state index is 5.71. The van der Waals surface area contributed by atoms with E-state index in [9.17, 15) is 0 Å². The monoisotopic (exact) mass is 260 g/mol. The zero-order valence-electron chi connectivity index (χ0n) is 10.3. The SMILES string of the molecule is CCc1nc(CN2CCCC(CN)C2)no1.Cl. The lowest BCUT2D eigenvalue weighted by molar-refractivity contribution is 0.166. The van der Waals surface area contributed by atoms with Crippen LogP contribution in [0.5, 0.6) is 0 Å². The first-order valence-electron chi connectivity index (χ1n) is 6.05. The molecule has 98 valence electrons. The van der Waals surface area contributed by atoms with Crippen LogP contribution in [-0.4, -0.2) is 34.7 Å². The zero-order valence-corrected chi connectivity index (χ0v) is 11.1. The molecule has 1 aromatic rings. The van der Waals surface area contributed by atoms with E-state index in [1.165, 1.54) is 12.8 Å². The smallest absolute Gasteiger partial charge is 0.226 e. The van der Waals surface area contributed by atoms with E-state index in [0.29, 0.717) is 5.92 Å². The molecule has 1 aliphatic rings. The fourth-order valence-corrected chi connectivity index (χ4v) is 2.19. The Morgan fingerprint density at radius 3 is 3.00 bits per heavy atom. The summed E-state index contributed by atoms with van der Waals surface area (Å²) in [5.41, 5.74) is 5.71. The predicted octanol–water partition coefficient (Wildman–Crippen LogP) is 1.22. The van der Waals surface area contributed by atoms with Gasteiger partial charge in [-0.3, -0.25) is 4.90 Å². The highest BCUT2D eigenvalue weighted by Crippen LogP contribution is 2.16. The van der Waals surface area contributed by atoms with E-state index in [-0.39, 0.29) is 12.4 Å². The fraction of sp³-hybridized carbons (Fsp3) is 0.818. The number of hydrogen-bond acceptors (Lipinski definition) is 5. The number of aryl methyl sites for hydroxylation is 1. The van der Waals surface area contributed by atoms with Crippen molar-refractivity contribution in [2.75, 3.05) is 19.6 Å². The van der Waals surface area contributed by atoms with Crippen LogP contribution in [0.25, 0.3) is 0 Å². The minimum atomic E-state index is 0. The highest BCUT2D eigenvalue weighted by atomic mass is 35.5. The van der Waals surface area contributed by atoms with Gasteiger partial charge in [-0.1, -0.05) is 12.1 Å². The molecule has 0 aliphatic carbocycles. The number of halogens is 1. The molecule has 5 nitrogen and oxygen atoms in total. The third-order valence-electron chi connectivity index (χ3n) is 3.11. The summed E-state index contributed by atoms with van der Waals surface area (Å²) in [6.07, 6.45) is 3.28. The van der Waals surface area contributed by atoms with Gasteiger partial charge in [0.25, 0.3) is 0 Å². The highest BCUT2D eigenvalue weighted by Gasteiger charge is 2.20. The van der Waals surface area contributed by atoms with Gasteiger partial charge < -0.3 is 10.3 Å². The summed E-state index contributed by atoms with van der Waals surface area (Å²) in [5.74, 6) is 2.16. The van der Waals surface area contributed by atoms with E-state index in [4.69, 9.17) is 10.3 Å². The molecule has 6 heteroatoms. The van der Waals surface area contributed by atoms with Crippen LogP contribution < -0.4 is 5.73 Å². The molecule has 0 radical (unpaired) electrons. The molecule has 17 heavy (non-hydrogen) atoms. The molecule has 1 fully saturated rings. The average molecular weight is 261 g/mol. The molecular weight excluding hydrogens is 240 g/mol. The number of aromatic nitrogens is 2. The van der Waals surface area contributed by atoms with Crippen molar-refractivity contribution in [1.29, 1.82) is 0 Å². The van der Waals surface area contributed by atoms with Crippen LogP contribution in [0.4, 0.5) is 0 Å². The summed E-state index contributed by atoms with van der Waals surface area (Å²) < 4.78 is 5.10. The van der Waals surface area contributed by atoms with Crippen LogP contribution in [0.1, 0.15) is 31.5 Å². The number of rotatable bonds is 4. The highest BCUT2D eigenvalue weighted by molar-refractivity contribution is 5.85. The molecule has 2 heterocycles. The van der Waals surface area contributed by atoms with Gasteiger partial charge in [0.1, 0.15) is 0 Å². The molecule has 0 bridgehead atoms. The third kappa shape index (κ3) is 3.94. The number of hydrogen-bond donors (Lipinski definition) is 1. The average Bonchev–Trinajstić information content (AvgIpc) is 2.77. The molecule has 0 spiro atoms. The second kappa shape index (κ2) is 6.93. The number of piperidine rings is 1. The van der Waals surface area contributed by atoms with Gasteiger partial charge in [0.05, 0.1) is 6.54 Å². The molecule has 2 N–H and O–H groups in total. The normalized spacial score (nSPS) is 21.2. The molecule has 0 saturated carbocycles. The van der Waals surface area contributed by atoms with Crippen molar-refractivity contribution < 1.29 is 4.52 Å². The Kier molecular flexibility index (Phi) is 5.88. The molecule has 1 aliphatic heterocycles. The number of likely N-dealkylation sites (tertiary alicyclic amines) is 1. The van der Waals surface area contributed by atoms with Crippen LogP contribution >= 0.6 is 12.4 Å². The van der Waals surface area contributed by atoms with Gasteiger partial charge >= 0.3 is 0 Å². The Morgan fingerprint density at radius 1 is 1.53 bits per heavy atom. The summed E-state index contributed by atoms with van der Waals surface area (Å²) in [5, 5.41) is 3.97. The topological polar surface area (TPSA) is 68.2 Å². The summed E-state index contributed by atoms with van der Waals surface area (Å²) in [6.45, 7) is 5.77. The minimum absolute atomic E-state index is 0. The summed E-state index contributed by atoms with van der Waals surface area (Å²) >= 11 is 0. The van der Waals surface area contributed by atoms with Gasteiger partial charge in [-0.05, 0) is 31.8 Å². The van der Waals surface area contributed by atoms with Crippen LogP contribution in [0, 0.1) is 5.92 Å². The van der Waals surface area contributed by atoms with Crippen molar-refractivity contribution in [3.05, 3.63) is 11.7 Å². The molecule has 1 aromatic heterocycles. The van der Waals surface area contributed by atoms with Crippen molar-refractivity contribution in [2.24, 2.45) is 11.7 Å². The van der Waals surface area contributed by atoms with Crippen molar-refractivity contribution in [2.45, 2.75) is 32.7 Å². The quantitative estimate of drug-likeness (QED) is 0.882. The van der Waals surface area contributed by atoms with Crippen LogP contribution in [0.2, 0.25) is 0 Å². The van der Waals surface area contributed by atoms with E-state index in [1.54, 1.807) is 0 Å². The molecular formula is C11H21ClN4O. The Labute approximate surface area is 108 Å². The molecule has 1 saturated heterocycles. The first-order chi connectivity index (χ1) is 7.81. The Morgan fingerprint density at radius 2 is 2.35 bits per heavy atom. The van der Waals surface area contributed by atoms with Gasteiger partial charge in [0.2, 0.25) is 5.89 Å². The molecule has 1 unspecified atom stereocenters. The van der Waals surface area contributed by atoms with Crippen LogP contribution in [0.15, 0.2) is 4.52 Å². The molecule has 0 aromatic carbocycles. The van der Waals surface area contributed by atoms with Gasteiger partial charge in [0, 0.05) is 13.0 Å². The largest absolute Gasteiger partial charge is 0.339 e. The van der Waals surface area contributed by atoms with E-state index >= 15 is 0 Å². The maximum Gasteiger partial charge on any atom is 0.226 e. The van der Waals surface area contributed by atoms with Crippen molar-refractivity contribution in [3.8, 4) is 0 Å². The van der Waals surface area contributed by atoms with Crippen molar-refractivity contribution in [1.82, 2.24) is 15.0 Å². The Hall–Kier alpha value is -0.650. The van der Waals surface area contributed by atoms with E-state index in [2.05, 4.69) is 15.0 Å². The molecule has 0 amide bonds. The molecule has 2 rings (SSSR count). The second-order valence-corrected chi connectivity index (χ2v) is 4.44. The summed E-state index contributed by atoms with van der Waals surface area (Å²) in [7, 11) is 0. The fourth-order valence-electron chi connectivity index (χ4n) is 2.19. The van der Waals surface area contributed by atoms with Crippen LogP contribution in [-0.2, 0) is 13.0 Å². The van der Waals surface area contributed by atoms with Gasteiger partial charge in [-0.25, -0.2) is 0 Å². The summed E-state index contributed by atoms with van der Waals surface area (Å²) in [4.78, 5) is 6.69. The van der Waals surface area contributed by atoms with Gasteiger partial charge in [-0.2, -0.15) is 4.98 Å². The lowest BCUT2D eigenvalue weighted by Crippen LogP contribution is -2.38. The lowest BCUT2D eigenvalue weighted by atomic mass is 9.98. The molecule has 1 atom stereocenters. The van der Waals surface area contributed by atoms with Crippen molar-refractivity contribution in [3.63, 3.8) is 0 Å². The summed E-state index contributed by atoms with van der Waals surface area (Å²) in [6, 6.07) is 0. The van der Waals surface area contributed by atoms with Gasteiger partial charge in [-0.15, -0.1) is 12.4 Å². The number of nitrogens with zero attached hydrogens (tertiary/aromatic N) is 3. The lowest BCUT2D eigenvalue weighted by Gasteiger charge is -2.30. The van der Waals surface area contributed by atoms with E-state index in [1.807, 2.05) is 6.92 Å². The minimum Gasteiger partial charge on any atom is -0.339 e. The standard InChI is InChI=1S/C11H20N4O.ClH/c1-2-11-13-10(14-16-11)8-15-5-3-4-9(6-12)7-15;/h9H,2-8,12H2,1H3;1H. The predicted molar refractivity (Wildman–Crippen MR) is 68.0 cm³/mol. The van der Waals surface area contributed by atoms with E-state index in [0.717, 1.165) is 44.3 Å². The maximum absolute atomic E-state index is 5.71. The van der Waals surface area contributed by atoms with E-state index < -0.39 is 0 Å². The first kappa shape index (κ1) is 14.4. The Balaban J connectivity index is 0.00000144. The van der Waals surface area contributed by atoms with Crippen LogP contribution in [0.3, 0.4) is 0 Å². The van der Waals surface area contributed by atoms with Gasteiger partial charge in [0.15, 0.2) is 5.82 Å². The first-order valence-corrected chi connectivity index (χ1v) is 6.05. The van der Waals surface area contributed by atoms with Crippen molar-refractivity contribution >= 4 is 12.4 Å². The Bertz CT molecular complexity index is 331. The number of nitrogens with two attached hydrogens (primary N) is 1. The third-order valence-corrected chi connectivity index (χ3v) is 3.11.